The van der Waals surface area contributed by atoms with E-state index < -0.39 is 24.1 Å². The maximum absolute atomic E-state index is 11.8. The van der Waals surface area contributed by atoms with E-state index in [0.717, 1.165) is 25.7 Å². The van der Waals surface area contributed by atoms with Gasteiger partial charge in [0.05, 0.1) is 31.7 Å². The largest absolute Gasteiger partial charge is 0.466 e. The van der Waals surface area contributed by atoms with Gasteiger partial charge in [-0.25, -0.2) is 0 Å². The molecule has 1 aliphatic rings. The Hall–Kier alpha value is -2.15. The van der Waals surface area contributed by atoms with Gasteiger partial charge in [0.15, 0.2) is 0 Å². The van der Waals surface area contributed by atoms with Gasteiger partial charge in [-0.05, 0) is 56.8 Å². The Morgan fingerprint density at radius 3 is 2.51 bits per heavy atom. The van der Waals surface area contributed by atoms with Crippen LogP contribution in [0.2, 0.25) is 0 Å². The fourth-order valence-corrected chi connectivity index (χ4v) is 4.22. The number of ether oxygens (including phenoxy) is 3. The van der Waals surface area contributed by atoms with Gasteiger partial charge in [0, 0.05) is 13.3 Å². The van der Waals surface area contributed by atoms with E-state index in [-0.39, 0.29) is 31.3 Å². The average Bonchev–Trinajstić information content (AvgIpc) is 2.78. The first kappa shape index (κ1) is 30.9. The van der Waals surface area contributed by atoms with Gasteiger partial charge in [0.25, 0.3) is 0 Å². The van der Waals surface area contributed by atoms with Gasteiger partial charge in [-0.1, -0.05) is 51.5 Å². The van der Waals surface area contributed by atoms with Gasteiger partial charge < -0.3 is 19.3 Å². The summed E-state index contributed by atoms with van der Waals surface area (Å²) >= 11 is 0. The Bertz CT molecular complexity index is 727. The monoisotopic (exact) mass is 494 g/mol. The lowest BCUT2D eigenvalue weighted by molar-refractivity contribution is -0.154. The van der Waals surface area contributed by atoms with Crippen LogP contribution in [0, 0.1) is 23.7 Å². The molecule has 0 saturated carbocycles. The summed E-state index contributed by atoms with van der Waals surface area (Å²) in [5.74, 6) is -0.00549. The van der Waals surface area contributed by atoms with Gasteiger partial charge in [-0.2, -0.15) is 0 Å². The molecule has 6 atom stereocenters. The van der Waals surface area contributed by atoms with Crippen LogP contribution in [0.1, 0.15) is 86.5 Å². The molecule has 0 aromatic carbocycles. The van der Waals surface area contributed by atoms with Crippen molar-refractivity contribution in [2.45, 2.75) is 98.7 Å². The molecule has 0 aromatic rings. The van der Waals surface area contributed by atoms with Gasteiger partial charge in [0.2, 0.25) is 0 Å². The molecule has 0 bridgehead atoms. The topological polar surface area (TPSA) is 99.1 Å². The molecule has 1 rings (SSSR count). The van der Waals surface area contributed by atoms with Crippen LogP contribution in [0.15, 0.2) is 23.8 Å². The van der Waals surface area contributed by atoms with Gasteiger partial charge in [-0.3, -0.25) is 14.4 Å². The summed E-state index contributed by atoms with van der Waals surface area (Å²) in [6, 6.07) is 0. The van der Waals surface area contributed by atoms with Crippen LogP contribution < -0.4 is 0 Å². The van der Waals surface area contributed by atoms with E-state index in [1.807, 2.05) is 13.8 Å². The third-order valence-electron chi connectivity index (χ3n) is 6.62. The highest BCUT2D eigenvalue weighted by Gasteiger charge is 2.25. The van der Waals surface area contributed by atoms with Crippen molar-refractivity contribution >= 4 is 17.9 Å². The highest BCUT2D eigenvalue weighted by molar-refractivity contribution is 5.72. The zero-order chi connectivity index (χ0) is 26.4. The molecule has 0 aliphatic heterocycles. The molecule has 0 fully saturated rings. The van der Waals surface area contributed by atoms with Gasteiger partial charge in [0.1, 0.15) is 6.10 Å². The average molecular weight is 495 g/mol. The number of hydrogen-bond acceptors (Lipinski definition) is 7. The van der Waals surface area contributed by atoms with E-state index in [2.05, 4.69) is 32.1 Å². The molecule has 7 heteroatoms. The molecule has 0 heterocycles. The first-order valence-electron chi connectivity index (χ1n) is 13.1. The maximum Gasteiger partial charge on any atom is 0.309 e. The highest BCUT2D eigenvalue weighted by atomic mass is 16.6. The Labute approximate surface area is 211 Å². The third kappa shape index (κ3) is 12.9. The summed E-state index contributed by atoms with van der Waals surface area (Å²) in [6.07, 6.45) is 9.35. The predicted molar refractivity (Wildman–Crippen MR) is 135 cm³/mol. The van der Waals surface area contributed by atoms with Crippen LogP contribution in [0.5, 0.6) is 0 Å². The smallest absolute Gasteiger partial charge is 0.309 e. The van der Waals surface area contributed by atoms with Crippen molar-refractivity contribution in [3.05, 3.63) is 23.8 Å². The second-order valence-corrected chi connectivity index (χ2v) is 9.87. The van der Waals surface area contributed by atoms with Crippen LogP contribution in [-0.2, 0) is 28.6 Å². The zero-order valence-electron chi connectivity index (χ0n) is 22.5. The Morgan fingerprint density at radius 2 is 1.89 bits per heavy atom. The SMILES string of the molecule is CCOC(=O)C[C@@H](C[C@H](O)CC[C@@H]1C/C(=C\[C@H](C)CCOC(=O)C(C)CC)C=C[C@@H]1C)OC(C)=O. The first-order chi connectivity index (χ1) is 16.5. The van der Waals surface area contributed by atoms with Crippen molar-refractivity contribution in [1.82, 2.24) is 0 Å². The normalized spacial score (nSPS) is 22.2. The maximum atomic E-state index is 11.8. The van der Waals surface area contributed by atoms with E-state index in [1.54, 1.807) is 6.92 Å². The molecular formula is C28H46O7. The molecule has 0 amide bonds. The second kappa shape index (κ2) is 16.5. The van der Waals surface area contributed by atoms with Gasteiger partial charge in [-0.15, -0.1) is 0 Å². The van der Waals surface area contributed by atoms with Crippen LogP contribution in [0.25, 0.3) is 0 Å². The molecule has 200 valence electrons. The number of hydrogen-bond donors (Lipinski definition) is 1. The minimum Gasteiger partial charge on any atom is -0.466 e. The summed E-state index contributed by atoms with van der Waals surface area (Å²) < 4.78 is 15.6. The van der Waals surface area contributed by atoms with Crippen LogP contribution in [0.3, 0.4) is 0 Å². The second-order valence-electron chi connectivity index (χ2n) is 9.87. The summed E-state index contributed by atoms with van der Waals surface area (Å²) in [5.41, 5.74) is 1.27. The van der Waals surface area contributed by atoms with E-state index in [0.29, 0.717) is 30.8 Å². The van der Waals surface area contributed by atoms with E-state index in [1.165, 1.54) is 12.5 Å². The Balaban J connectivity index is 2.55. The summed E-state index contributed by atoms with van der Waals surface area (Å²) in [7, 11) is 0. The third-order valence-corrected chi connectivity index (χ3v) is 6.62. The van der Waals surface area contributed by atoms with Crippen molar-refractivity contribution in [3.8, 4) is 0 Å². The predicted octanol–water partition coefficient (Wildman–Crippen LogP) is 5.16. The molecule has 1 N–H and O–H groups in total. The van der Waals surface area contributed by atoms with Crippen LogP contribution in [-0.4, -0.2) is 48.4 Å². The Morgan fingerprint density at radius 1 is 1.17 bits per heavy atom. The fraction of sp³-hybridized carbons (Fsp3) is 0.750. The number of carbonyl (C=O) groups is 3. The number of esters is 3. The van der Waals surface area contributed by atoms with Crippen molar-refractivity contribution in [1.29, 1.82) is 0 Å². The van der Waals surface area contributed by atoms with E-state index in [9.17, 15) is 19.5 Å². The number of aliphatic hydroxyl groups excluding tert-OH is 1. The molecule has 0 spiro atoms. The Kier molecular flexibility index (Phi) is 14.6. The van der Waals surface area contributed by atoms with Crippen molar-refractivity contribution in [2.75, 3.05) is 13.2 Å². The molecule has 0 radical (unpaired) electrons. The number of aliphatic hydroxyl groups is 1. The minimum absolute atomic E-state index is 0.0511. The van der Waals surface area contributed by atoms with E-state index >= 15 is 0 Å². The molecule has 7 nitrogen and oxygen atoms in total. The summed E-state index contributed by atoms with van der Waals surface area (Å²) in [5, 5.41) is 10.6. The van der Waals surface area contributed by atoms with Crippen LogP contribution >= 0.6 is 0 Å². The summed E-state index contributed by atoms with van der Waals surface area (Å²) in [6.45, 7) is 11.9. The molecule has 0 saturated heterocycles. The molecule has 1 unspecified atom stereocenters. The molecule has 35 heavy (non-hydrogen) atoms. The van der Waals surface area contributed by atoms with Gasteiger partial charge >= 0.3 is 17.9 Å². The number of rotatable bonds is 15. The lowest BCUT2D eigenvalue weighted by atomic mass is 9.78. The van der Waals surface area contributed by atoms with E-state index in [4.69, 9.17) is 14.2 Å². The van der Waals surface area contributed by atoms with Crippen molar-refractivity contribution < 1.29 is 33.7 Å². The molecule has 1 aliphatic carbocycles. The summed E-state index contributed by atoms with van der Waals surface area (Å²) in [4.78, 5) is 35.0. The molecule has 0 aromatic heterocycles. The molecular weight excluding hydrogens is 448 g/mol. The quantitative estimate of drug-likeness (QED) is 0.248. The highest BCUT2D eigenvalue weighted by Crippen LogP contribution is 2.33. The van der Waals surface area contributed by atoms with Crippen molar-refractivity contribution in [3.63, 3.8) is 0 Å². The zero-order valence-corrected chi connectivity index (χ0v) is 22.5. The number of carbonyl (C=O) groups excluding carboxylic acids is 3. The first-order valence-corrected chi connectivity index (χ1v) is 13.1. The lowest BCUT2D eigenvalue weighted by Crippen LogP contribution is -2.27. The lowest BCUT2D eigenvalue weighted by Gasteiger charge is -2.28. The fourth-order valence-electron chi connectivity index (χ4n) is 4.22. The van der Waals surface area contributed by atoms with Crippen LogP contribution in [0.4, 0.5) is 0 Å². The minimum atomic E-state index is -0.684. The number of allylic oxidation sites excluding steroid dienone is 4. The van der Waals surface area contributed by atoms with Crippen molar-refractivity contribution in [2.24, 2.45) is 23.7 Å². The standard InChI is InChI=1S/C28H46O7/c1-7-20(4)28(32)34-14-13-19(3)15-23-10-9-21(5)24(16-23)11-12-25(30)17-26(35-22(6)29)18-27(31)33-8-2/h9-10,15,19-21,24-26,30H,7-8,11-14,16-18H2,1-6H3/b23-15-/t19-,20?,21+,24-,25-,26-/m1/s1.